The van der Waals surface area contributed by atoms with Crippen LogP contribution in [0.1, 0.15) is 38.2 Å². The van der Waals surface area contributed by atoms with Gasteiger partial charge in [0.05, 0.1) is 17.4 Å². The van der Waals surface area contributed by atoms with Gasteiger partial charge in [-0.3, -0.25) is 4.79 Å². The van der Waals surface area contributed by atoms with Crippen LogP contribution in [0.5, 0.6) is 5.75 Å². The van der Waals surface area contributed by atoms with Gasteiger partial charge < -0.3 is 10.4 Å². The number of anilines is 1. The molecule has 1 saturated heterocycles. The van der Waals surface area contributed by atoms with Crippen LogP contribution in [0.4, 0.5) is 5.69 Å². The van der Waals surface area contributed by atoms with Crippen LogP contribution in [0.15, 0.2) is 18.2 Å². The summed E-state index contributed by atoms with van der Waals surface area (Å²) in [6, 6.07) is 4.99. The van der Waals surface area contributed by atoms with Crippen molar-refractivity contribution >= 4 is 21.6 Å². The van der Waals surface area contributed by atoms with Crippen LogP contribution in [-0.2, 0) is 14.8 Å². The predicted molar refractivity (Wildman–Crippen MR) is 94.5 cm³/mol. The van der Waals surface area contributed by atoms with E-state index in [0.29, 0.717) is 31.5 Å². The fourth-order valence-electron chi connectivity index (χ4n) is 2.85. The van der Waals surface area contributed by atoms with Crippen LogP contribution in [0.2, 0.25) is 0 Å². The predicted octanol–water partition coefficient (Wildman–Crippen LogP) is 2.48. The van der Waals surface area contributed by atoms with E-state index in [9.17, 15) is 18.3 Å². The lowest BCUT2D eigenvalue weighted by molar-refractivity contribution is -0.120. The van der Waals surface area contributed by atoms with Gasteiger partial charge in [-0.05, 0) is 43.9 Å². The van der Waals surface area contributed by atoms with E-state index in [1.54, 1.807) is 12.1 Å². The van der Waals surface area contributed by atoms with E-state index in [2.05, 4.69) is 5.32 Å². The Labute approximate surface area is 143 Å². The van der Waals surface area contributed by atoms with Crippen molar-refractivity contribution in [2.45, 2.75) is 39.5 Å². The molecule has 24 heavy (non-hydrogen) atoms. The molecule has 1 atom stereocenters. The highest BCUT2D eigenvalue weighted by molar-refractivity contribution is 7.89. The SMILES string of the molecule is CCCCS(=O)(=O)N1CCCC(C(=O)Nc2cc(C)ccc2O)C1. The molecular formula is C17H26N2O4S. The molecule has 1 fully saturated rings. The van der Waals surface area contributed by atoms with Gasteiger partial charge in [0, 0.05) is 13.1 Å². The summed E-state index contributed by atoms with van der Waals surface area (Å²) in [5.41, 5.74) is 1.29. The van der Waals surface area contributed by atoms with E-state index < -0.39 is 15.9 Å². The first-order chi connectivity index (χ1) is 11.3. The molecule has 2 N–H and O–H groups in total. The van der Waals surface area contributed by atoms with Crippen molar-refractivity contribution in [1.82, 2.24) is 4.31 Å². The smallest absolute Gasteiger partial charge is 0.228 e. The van der Waals surface area contributed by atoms with E-state index in [1.807, 2.05) is 13.8 Å². The average Bonchev–Trinajstić information content (AvgIpc) is 2.56. The van der Waals surface area contributed by atoms with Crippen LogP contribution in [0.25, 0.3) is 0 Å². The maximum atomic E-state index is 12.5. The van der Waals surface area contributed by atoms with Crippen molar-refractivity contribution in [3.63, 3.8) is 0 Å². The Morgan fingerprint density at radius 3 is 2.88 bits per heavy atom. The van der Waals surface area contributed by atoms with Gasteiger partial charge in [-0.2, -0.15) is 0 Å². The van der Waals surface area contributed by atoms with Crippen molar-refractivity contribution in [2.24, 2.45) is 5.92 Å². The Hall–Kier alpha value is -1.60. The first-order valence-electron chi connectivity index (χ1n) is 8.42. The number of aryl methyl sites for hydroxylation is 1. The van der Waals surface area contributed by atoms with Crippen LogP contribution in [-0.4, -0.2) is 42.6 Å². The number of carbonyl (C=O) groups excluding carboxylic acids is 1. The van der Waals surface area contributed by atoms with Gasteiger partial charge in [-0.1, -0.05) is 19.4 Å². The molecule has 1 amide bonds. The number of carbonyl (C=O) groups is 1. The monoisotopic (exact) mass is 354 g/mol. The molecule has 0 saturated carbocycles. The quantitative estimate of drug-likeness (QED) is 0.769. The Morgan fingerprint density at radius 1 is 1.42 bits per heavy atom. The minimum atomic E-state index is -3.30. The molecule has 1 unspecified atom stereocenters. The van der Waals surface area contributed by atoms with Gasteiger partial charge in [0.1, 0.15) is 5.75 Å². The number of hydrogen-bond acceptors (Lipinski definition) is 4. The molecule has 6 nitrogen and oxygen atoms in total. The van der Waals surface area contributed by atoms with E-state index in [1.165, 1.54) is 10.4 Å². The van der Waals surface area contributed by atoms with Crippen molar-refractivity contribution < 1.29 is 18.3 Å². The maximum Gasteiger partial charge on any atom is 0.228 e. The molecule has 0 spiro atoms. The molecule has 2 rings (SSSR count). The summed E-state index contributed by atoms with van der Waals surface area (Å²) in [5, 5.41) is 12.6. The Balaban J connectivity index is 2.03. The number of rotatable bonds is 6. The van der Waals surface area contributed by atoms with Gasteiger partial charge in [0.2, 0.25) is 15.9 Å². The van der Waals surface area contributed by atoms with Crippen LogP contribution in [0, 0.1) is 12.8 Å². The second-order valence-electron chi connectivity index (χ2n) is 6.38. The number of aromatic hydroxyl groups is 1. The number of phenolic OH excluding ortho intramolecular Hbond substituents is 1. The molecule has 1 aromatic carbocycles. The van der Waals surface area contributed by atoms with E-state index in [0.717, 1.165) is 12.0 Å². The topological polar surface area (TPSA) is 86.7 Å². The number of unbranched alkanes of at least 4 members (excludes halogenated alkanes) is 1. The van der Waals surface area contributed by atoms with Crippen molar-refractivity contribution in [1.29, 1.82) is 0 Å². The zero-order valence-electron chi connectivity index (χ0n) is 14.3. The molecule has 1 heterocycles. The molecule has 0 aliphatic carbocycles. The van der Waals surface area contributed by atoms with Crippen LogP contribution >= 0.6 is 0 Å². The zero-order chi connectivity index (χ0) is 17.7. The number of amides is 1. The summed E-state index contributed by atoms with van der Waals surface area (Å²) in [6.07, 6.45) is 2.78. The van der Waals surface area contributed by atoms with Crippen molar-refractivity contribution in [3.8, 4) is 5.75 Å². The van der Waals surface area contributed by atoms with Gasteiger partial charge in [0.15, 0.2) is 0 Å². The molecule has 7 heteroatoms. The normalized spacial score (nSPS) is 19.2. The number of nitrogens with one attached hydrogen (secondary N) is 1. The van der Waals surface area contributed by atoms with Crippen molar-refractivity contribution in [3.05, 3.63) is 23.8 Å². The van der Waals surface area contributed by atoms with Crippen molar-refractivity contribution in [2.75, 3.05) is 24.2 Å². The second-order valence-corrected chi connectivity index (χ2v) is 8.47. The summed E-state index contributed by atoms with van der Waals surface area (Å²) in [4.78, 5) is 12.5. The first kappa shape index (κ1) is 18.7. The lowest BCUT2D eigenvalue weighted by Gasteiger charge is -2.31. The third kappa shape index (κ3) is 4.70. The lowest BCUT2D eigenvalue weighted by atomic mass is 9.98. The molecule has 0 aromatic heterocycles. The number of nitrogens with zero attached hydrogens (tertiary/aromatic N) is 1. The van der Waals surface area contributed by atoms with E-state index >= 15 is 0 Å². The van der Waals surface area contributed by atoms with Crippen LogP contribution in [0.3, 0.4) is 0 Å². The summed E-state index contributed by atoms with van der Waals surface area (Å²) in [7, 11) is -3.30. The summed E-state index contributed by atoms with van der Waals surface area (Å²) < 4.78 is 26.1. The van der Waals surface area contributed by atoms with Gasteiger partial charge >= 0.3 is 0 Å². The first-order valence-corrected chi connectivity index (χ1v) is 10.0. The average molecular weight is 354 g/mol. The Kier molecular flexibility index (Phi) is 6.23. The molecule has 1 aliphatic rings. The zero-order valence-corrected chi connectivity index (χ0v) is 15.1. The standard InChI is InChI=1S/C17H26N2O4S/c1-3-4-10-24(22,23)19-9-5-6-14(12-19)17(21)18-15-11-13(2)7-8-16(15)20/h7-8,11,14,20H,3-6,9-10,12H2,1-2H3,(H,18,21). The highest BCUT2D eigenvalue weighted by Crippen LogP contribution is 2.26. The molecular weight excluding hydrogens is 328 g/mol. The molecule has 0 radical (unpaired) electrons. The van der Waals surface area contributed by atoms with Gasteiger partial charge in [-0.25, -0.2) is 12.7 Å². The fraction of sp³-hybridized carbons (Fsp3) is 0.588. The second kappa shape index (κ2) is 7.98. The third-order valence-electron chi connectivity index (χ3n) is 4.31. The number of benzene rings is 1. The number of piperidine rings is 1. The number of phenols is 1. The summed E-state index contributed by atoms with van der Waals surface area (Å²) in [6.45, 7) is 4.52. The number of hydrogen-bond donors (Lipinski definition) is 2. The highest BCUT2D eigenvalue weighted by atomic mass is 32.2. The summed E-state index contributed by atoms with van der Waals surface area (Å²) >= 11 is 0. The highest BCUT2D eigenvalue weighted by Gasteiger charge is 2.32. The molecule has 1 aliphatic heterocycles. The number of sulfonamides is 1. The largest absolute Gasteiger partial charge is 0.506 e. The van der Waals surface area contributed by atoms with Crippen LogP contribution < -0.4 is 5.32 Å². The van der Waals surface area contributed by atoms with E-state index in [4.69, 9.17) is 0 Å². The maximum absolute atomic E-state index is 12.5. The lowest BCUT2D eigenvalue weighted by Crippen LogP contribution is -2.44. The summed E-state index contributed by atoms with van der Waals surface area (Å²) in [5.74, 6) is -0.491. The minimum absolute atomic E-state index is 0.0113. The molecule has 1 aromatic rings. The Bertz CT molecular complexity index is 688. The molecule has 134 valence electrons. The minimum Gasteiger partial charge on any atom is -0.506 e. The Morgan fingerprint density at radius 2 is 2.17 bits per heavy atom. The van der Waals surface area contributed by atoms with Gasteiger partial charge in [0.25, 0.3) is 0 Å². The van der Waals surface area contributed by atoms with Gasteiger partial charge in [-0.15, -0.1) is 0 Å². The molecule has 0 bridgehead atoms. The van der Waals surface area contributed by atoms with E-state index in [-0.39, 0.29) is 24.0 Å². The fourth-order valence-corrected chi connectivity index (χ4v) is 4.58. The third-order valence-corrected chi connectivity index (χ3v) is 6.24.